The van der Waals surface area contributed by atoms with Crippen molar-refractivity contribution in [3.63, 3.8) is 0 Å². The number of benzene rings is 4. The van der Waals surface area contributed by atoms with E-state index in [1.165, 1.54) is 4.90 Å². The molecule has 35 heavy (non-hydrogen) atoms. The topological polar surface area (TPSA) is 35.5 Å². The van der Waals surface area contributed by atoms with E-state index in [4.69, 9.17) is 9.47 Å². The fourth-order valence-corrected chi connectivity index (χ4v) is 4.95. The molecule has 3 nitrogen and oxygen atoms in total. The predicted molar refractivity (Wildman–Crippen MR) is 146 cm³/mol. The van der Waals surface area contributed by atoms with E-state index in [2.05, 4.69) is 74.2 Å². The maximum atomic E-state index is 12.3. The molecule has 1 atom stereocenters. The minimum absolute atomic E-state index is 0.307. The standard InChI is InChI=1S/C31H32O3S/c1-4-5-7-13-25(34-31(32)22(2)3)21-33-30-28-16-11-10-12-23(28)19-24-17-18-27(20-29(24)30)35-26-14-8-6-9-15-26/h6,8-12,14-20,25H,2,4-5,7,13,21H2,1,3H3. The Morgan fingerprint density at radius 3 is 2.40 bits per heavy atom. The van der Waals surface area contributed by atoms with Crippen LogP contribution in [0.5, 0.6) is 5.75 Å². The van der Waals surface area contributed by atoms with E-state index in [-0.39, 0.29) is 12.1 Å². The molecule has 4 rings (SSSR count). The first kappa shape index (κ1) is 24.9. The van der Waals surface area contributed by atoms with Crippen LogP contribution in [-0.4, -0.2) is 18.7 Å². The van der Waals surface area contributed by atoms with Crippen LogP contribution in [0, 0.1) is 0 Å². The largest absolute Gasteiger partial charge is 0.488 e. The SMILES string of the molecule is C=C(C)C(=O)OC(CCCCC)COc1c2ccccc2cc2ccc(Sc3ccccc3)cc12. The molecule has 0 saturated heterocycles. The van der Waals surface area contributed by atoms with Gasteiger partial charge in [0.1, 0.15) is 18.5 Å². The van der Waals surface area contributed by atoms with Crippen LogP contribution in [0.2, 0.25) is 0 Å². The summed E-state index contributed by atoms with van der Waals surface area (Å²) in [7, 11) is 0. The van der Waals surface area contributed by atoms with Gasteiger partial charge in [0.05, 0.1) is 0 Å². The van der Waals surface area contributed by atoms with E-state index in [1.54, 1.807) is 18.7 Å². The zero-order chi connectivity index (χ0) is 24.6. The van der Waals surface area contributed by atoms with E-state index in [0.29, 0.717) is 12.2 Å². The molecular weight excluding hydrogens is 452 g/mol. The normalized spacial score (nSPS) is 11.9. The lowest BCUT2D eigenvalue weighted by atomic mass is 10.0. The number of ether oxygens (including phenoxy) is 2. The van der Waals surface area contributed by atoms with Crippen molar-refractivity contribution < 1.29 is 14.3 Å². The lowest BCUT2D eigenvalue weighted by Crippen LogP contribution is -2.25. The van der Waals surface area contributed by atoms with Crippen molar-refractivity contribution in [2.24, 2.45) is 0 Å². The van der Waals surface area contributed by atoms with Crippen molar-refractivity contribution in [3.8, 4) is 5.75 Å². The molecule has 0 aromatic heterocycles. The van der Waals surface area contributed by atoms with Gasteiger partial charge in [-0.05, 0) is 60.9 Å². The summed E-state index contributed by atoms with van der Waals surface area (Å²) in [6.07, 6.45) is 3.64. The van der Waals surface area contributed by atoms with Gasteiger partial charge in [0.2, 0.25) is 0 Å². The highest BCUT2D eigenvalue weighted by Gasteiger charge is 2.18. The lowest BCUT2D eigenvalue weighted by molar-refractivity contribution is -0.146. The highest BCUT2D eigenvalue weighted by Crippen LogP contribution is 2.38. The van der Waals surface area contributed by atoms with Crippen molar-refractivity contribution in [2.45, 2.75) is 55.4 Å². The molecule has 0 aliphatic rings. The molecule has 0 spiro atoms. The second kappa shape index (κ2) is 11.9. The molecule has 0 heterocycles. The van der Waals surface area contributed by atoms with Crippen molar-refractivity contribution in [1.82, 2.24) is 0 Å². The van der Waals surface area contributed by atoms with Crippen LogP contribution in [0.1, 0.15) is 39.5 Å². The third-order valence-corrected chi connectivity index (χ3v) is 6.93. The minimum atomic E-state index is -0.362. The Labute approximate surface area is 212 Å². The quantitative estimate of drug-likeness (QED) is 0.0924. The monoisotopic (exact) mass is 484 g/mol. The molecule has 180 valence electrons. The van der Waals surface area contributed by atoms with Crippen molar-refractivity contribution in [2.75, 3.05) is 6.61 Å². The van der Waals surface area contributed by atoms with Crippen LogP contribution in [0.15, 0.2) is 101 Å². The molecule has 0 saturated carbocycles. The van der Waals surface area contributed by atoms with Gasteiger partial charge in [-0.3, -0.25) is 0 Å². The van der Waals surface area contributed by atoms with Crippen LogP contribution in [-0.2, 0) is 9.53 Å². The third-order valence-electron chi connectivity index (χ3n) is 5.93. The minimum Gasteiger partial charge on any atom is -0.488 e. The number of rotatable bonds is 11. The molecule has 0 bridgehead atoms. The van der Waals surface area contributed by atoms with Crippen molar-refractivity contribution in [3.05, 3.63) is 91.0 Å². The van der Waals surface area contributed by atoms with Crippen LogP contribution >= 0.6 is 11.8 Å². The van der Waals surface area contributed by atoms with E-state index >= 15 is 0 Å². The first-order valence-corrected chi connectivity index (χ1v) is 13.0. The van der Waals surface area contributed by atoms with E-state index in [9.17, 15) is 4.79 Å². The first-order valence-electron chi connectivity index (χ1n) is 12.2. The Hall–Kier alpha value is -3.24. The van der Waals surface area contributed by atoms with Crippen LogP contribution in [0.4, 0.5) is 0 Å². The van der Waals surface area contributed by atoms with E-state index in [1.807, 2.05) is 18.2 Å². The van der Waals surface area contributed by atoms with Gasteiger partial charge in [0.25, 0.3) is 0 Å². The summed E-state index contributed by atoms with van der Waals surface area (Å²) in [6, 6.07) is 27.3. The van der Waals surface area contributed by atoms with Gasteiger partial charge in [-0.25, -0.2) is 4.79 Å². The lowest BCUT2D eigenvalue weighted by Gasteiger charge is -2.20. The second-order valence-corrected chi connectivity index (χ2v) is 9.99. The number of unbranched alkanes of at least 4 members (excludes halogenated alkanes) is 2. The number of esters is 1. The zero-order valence-electron chi connectivity index (χ0n) is 20.5. The number of fused-ring (bicyclic) bond motifs is 2. The molecule has 0 amide bonds. The summed E-state index contributed by atoms with van der Waals surface area (Å²) < 4.78 is 12.2. The number of hydrogen-bond donors (Lipinski definition) is 0. The van der Waals surface area contributed by atoms with E-state index < -0.39 is 0 Å². The highest BCUT2D eigenvalue weighted by molar-refractivity contribution is 7.99. The van der Waals surface area contributed by atoms with Crippen molar-refractivity contribution >= 4 is 39.3 Å². The molecule has 0 radical (unpaired) electrons. The van der Waals surface area contributed by atoms with E-state index in [0.717, 1.165) is 57.9 Å². The van der Waals surface area contributed by atoms with Crippen LogP contribution in [0.3, 0.4) is 0 Å². The summed E-state index contributed by atoms with van der Waals surface area (Å²) in [5, 5.41) is 4.36. The summed E-state index contributed by atoms with van der Waals surface area (Å²) in [5.74, 6) is 0.472. The average Bonchev–Trinajstić information content (AvgIpc) is 2.87. The smallest absolute Gasteiger partial charge is 0.333 e. The average molecular weight is 485 g/mol. The fourth-order valence-electron chi connectivity index (χ4n) is 4.07. The summed E-state index contributed by atoms with van der Waals surface area (Å²) in [5.41, 5.74) is 0.406. The molecule has 1 unspecified atom stereocenters. The summed E-state index contributed by atoms with van der Waals surface area (Å²) in [4.78, 5) is 14.6. The van der Waals surface area contributed by atoms with Crippen LogP contribution in [0.25, 0.3) is 21.5 Å². The molecule has 0 N–H and O–H groups in total. The predicted octanol–water partition coefficient (Wildman–Crippen LogP) is 8.59. The Kier molecular flexibility index (Phi) is 8.49. The van der Waals surface area contributed by atoms with Gasteiger partial charge in [-0.1, -0.05) is 86.6 Å². The van der Waals surface area contributed by atoms with Crippen LogP contribution < -0.4 is 4.74 Å². The first-order chi connectivity index (χ1) is 17.0. The fraction of sp³-hybridized carbons (Fsp3) is 0.258. The number of hydrogen-bond acceptors (Lipinski definition) is 4. The maximum absolute atomic E-state index is 12.3. The van der Waals surface area contributed by atoms with Gasteiger partial charge >= 0.3 is 5.97 Å². The van der Waals surface area contributed by atoms with Gasteiger partial charge < -0.3 is 9.47 Å². The number of carbonyl (C=O) groups excluding carboxylic acids is 1. The molecule has 4 heteroatoms. The molecular formula is C31H32O3S. The maximum Gasteiger partial charge on any atom is 0.333 e. The zero-order valence-corrected chi connectivity index (χ0v) is 21.3. The highest BCUT2D eigenvalue weighted by atomic mass is 32.2. The Balaban J connectivity index is 1.67. The molecule has 0 fully saturated rings. The molecule has 4 aromatic carbocycles. The summed E-state index contributed by atoms with van der Waals surface area (Å²) >= 11 is 1.73. The van der Waals surface area contributed by atoms with Gasteiger partial charge in [-0.15, -0.1) is 0 Å². The molecule has 4 aromatic rings. The molecule has 0 aliphatic heterocycles. The van der Waals surface area contributed by atoms with Gasteiger partial charge in [0.15, 0.2) is 0 Å². The summed E-state index contributed by atoms with van der Waals surface area (Å²) in [6.45, 7) is 7.88. The second-order valence-electron chi connectivity index (χ2n) is 8.84. The Morgan fingerprint density at radius 1 is 0.886 bits per heavy atom. The molecule has 0 aliphatic carbocycles. The van der Waals surface area contributed by atoms with Crippen molar-refractivity contribution in [1.29, 1.82) is 0 Å². The van der Waals surface area contributed by atoms with Gasteiger partial charge in [-0.2, -0.15) is 0 Å². The Bertz CT molecular complexity index is 1310. The third kappa shape index (κ3) is 6.46. The van der Waals surface area contributed by atoms with Gasteiger partial charge in [0, 0.05) is 26.1 Å². The number of carbonyl (C=O) groups is 1. The Morgan fingerprint density at radius 2 is 1.63 bits per heavy atom.